The first kappa shape index (κ1) is 23.1. The molecule has 36 heavy (non-hydrogen) atoms. The fourth-order valence-corrected chi connectivity index (χ4v) is 4.50. The molecular formula is C27H22N4O4S. The fourth-order valence-electron chi connectivity index (χ4n) is 3.87. The van der Waals surface area contributed by atoms with Crippen LogP contribution >= 0.6 is 11.3 Å². The van der Waals surface area contributed by atoms with Crippen molar-refractivity contribution >= 4 is 51.3 Å². The second kappa shape index (κ2) is 10.3. The minimum Gasteiger partial charge on any atom is -0.459 e. The summed E-state index contributed by atoms with van der Waals surface area (Å²) in [6, 6.07) is 20.4. The minimum absolute atomic E-state index is 0.180. The van der Waals surface area contributed by atoms with Crippen LogP contribution in [-0.2, 0) is 11.2 Å². The molecular weight excluding hydrogens is 476 g/mol. The molecule has 8 nitrogen and oxygen atoms in total. The Morgan fingerprint density at radius 1 is 0.889 bits per heavy atom. The lowest BCUT2D eigenvalue weighted by molar-refractivity contribution is -0.118. The quantitative estimate of drug-likeness (QED) is 0.239. The number of hydrogen-bond acceptors (Lipinski definition) is 5. The van der Waals surface area contributed by atoms with E-state index in [1.54, 1.807) is 48.5 Å². The van der Waals surface area contributed by atoms with Crippen molar-refractivity contribution in [1.29, 1.82) is 0 Å². The Morgan fingerprint density at radius 2 is 1.72 bits per heavy atom. The number of thiophene rings is 1. The van der Waals surface area contributed by atoms with Gasteiger partial charge in [-0.25, -0.2) is 0 Å². The van der Waals surface area contributed by atoms with Crippen molar-refractivity contribution in [3.63, 3.8) is 0 Å². The Balaban J connectivity index is 1.34. The van der Waals surface area contributed by atoms with Crippen LogP contribution in [0.25, 0.3) is 10.9 Å². The minimum atomic E-state index is -0.833. The van der Waals surface area contributed by atoms with Crippen molar-refractivity contribution in [2.75, 3.05) is 10.6 Å². The van der Waals surface area contributed by atoms with Crippen molar-refractivity contribution in [2.24, 2.45) is 0 Å². The van der Waals surface area contributed by atoms with E-state index in [1.165, 1.54) is 17.6 Å². The molecule has 0 radical (unpaired) electrons. The summed E-state index contributed by atoms with van der Waals surface area (Å²) >= 11 is 1.31. The molecule has 3 heterocycles. The molecule has 1 unspecified atom stereocenters. The Bertz CT molecular complexity index is 1510. The van der Waals surface area contributed by atoms with E-state index in [4.69, 9.17) is 4.42 Å². The van der Waals surface area contributed by atoms with Crippen molar-refractivity contribution in [3.05, 3.63) is 107 Å². The van der Waals surface area contributed by atoms with E-state index < -0.39 is 11.9 Å². The van der Waals surface area contributed by atoms with Gasteiger partial charge in [0.15, 0.2) is 5.76 Å². The number of fused-ring (bicyclic) bond motifs is 1. The number of rotatable bonds is 8. The summed E-state index contributed by atoms with van der Waals surface area (Å²) in [6.45, 7) is 0. The third-order valence-electron chi connectivity index (χ3n) is 5.60. The molecule has 0 aliphatic carbocycles. The van der Waals surface area contributed by atoms with E-state index in [2.05, 4.69) is 20.9 Å². The van der Waals surface area contributed by atoms with Crippen molar-refractivity contribution in [1.82, 2.24) is 10.3 Å². The molecule has 0 bridgehead atoms. The highest BCUT2D eigenvalue weighted by atomic mass is 32.1. The number of para-hydroxylation sites is 1. The van der Waals surface area contributed by atoms with E-state index >= 15 is 0 Å². The number of furan rings is 1. The summed E-state index contributed by atoms with van der Waals surface area (Å²) in [7, 11) is 0. The topological polar surface area (TPSA) is 116 Å². The second-order valence-electron chi connectivity index (χ2n) is 8.07. The van der Waals surface area contributed by atoms with Gasteiger partial charge in [0, 0.05) is 34.9 Å². The molecule has 5 aromatic rings. The van der Waals surface area contributed by atoms with Crippen molar-refractivity contribution in [3.8, 4) is 0 Å². The third kappa shape index (κ3) is 5.21. The van der Waals surface area contributed by atoms with Gasteiger partial charge in [-0.3, -0.25) is 14.4 Å². The van der Waals surface area contributed by atoms with Crippen LogP contribution in [0.3, 0.4) is 0 Å². The molecule has 4 N–H and O–H groups in total. The average Bonchev–Trinajstić information content (AvgIpc) is 3.66. The summed E-state index contributed by atoms with van der Waals surface area (Å²) in [5.41, 5.74) is 2.84. The first-order valence-corrected chi connectivity index (χ1v) is 12.1. The van der Waals surface area contributed by atoms with Crippen LogP contribution < -0.4 is 16.0 Å². The van der Waals surface area contributed by atoms with Crippen LogP contribution in [0.15, 0.2) is 95.1 Å². The molecule has 1 atom stereocenters. The van der Waals surface area contributed by atoms with Crippen LogP contribution in [0.2, 0.25) is 0 Å². The number of anilines is 2. The average molecular weight is 499 g/mol. The van der Waals surface area contributed by atoms with Gasteiger partial charge in [0.1, 0.15) is 6.04 Å². The predicted octanol–water partition coefficient (Wildman–Crippen LogP) is 5.05. The molecule has 0 aliphatic rings. The van der Waals surface area contributed by atoms with Gasteiger partial charge in [0.2, 0.25) is 5.91 Å². The normalized spacial score (nSPS) is 11.7. The molecule has 5 rings (SSSR count). The van der Waals surface area contributed by atoms with E-state index in [0.717, 1.165) is 16.5 Å². The van der Waals surface area contributed by atoms with Crippen LogP contribution in [-0.4, -0.2) is 28.7 Å². The van der Waals surface area contributed by atoms with Gasteiger partial charge >= 0.3 is 0 Å². The standard InChI is InChI=1S/C27H22N4O4S/c32-25(29-18-6-3-7-19(15-18)30-26(33)23-10-4-12-35-23)22(31-27(34)24-11-5-13-36-24)14-17-16-28-21-9-2-1-8-20(17)21/h1-13,15-16,22,28H,14H2,(H,29,32)(H,30,33)(H,31,34). The van der Waals surface area contributed by atoms with Gasteiger partial charge in [-0.15, -0.1) is 11.3 Å². The smallest absolute Gasteiger partial charge is 0.291 e. The zero-order valence-electron chi connectivity index (χ0n) is 19.0. The van der Waals surface area contributed by atoms with Crippen molar-refractivity contribution in [2.45, 2.75) is 12.5 Å². The maximum atomic E-state index is 13.4. The van der Waals surface area contributed by atoms with Gasteiger partial charge < -0.3 is 25.4 Å². The molecule has 0 saturated carbocycles. The monoisotopic (exact) mass is 498 g/mol. The highest BCUT2D eigenvalue weighted by Gasteiger charge is 2.24. The van der Waals surface area contributed by atoms with Crippen LogP contribution in [0.4, 0.5) is 11.4 Å². The van der Waals surface area contributed by atoms with E-state index in [1.807, 2.05) is 35.8 Å². The summed E-state index contributed by atoms with van der Waals surface area (Å²) < 4.78 is 5.12. The fraction of sp³-hybridized carbons (Fsp3) is 0.0741. The number of amides is 3. The highest BCUT2D eigenvalue weighted by molar-refractivity contribution is 7.12. The first-order chi connectivity index (χ1) is 17.6. The number of carbonyl (C=O) groups is 3. The van der Waals surface area contributed by atoms with Gasteiger partial charge in [0.05, 0.1) is 11.1 Å². The molecule has 0 fully saturated rings. The van der Waals surface area contributed by atoms with Gasteiger partial charge in [-0.1, -0.05) is 30.3 Å². The maximum Gasteiger partial charge on any atom is 0.291 e. The molecule has 2 aromatic carbocycles. The first-order valence-electron chi connectivity index (χ1n) is 11.2. The van der Waals surface area contributed by atoms with Gasteiger partial charge in [-0.05, 0) is 53.4 Å². The van der Waals surface area contributed by atoms with Gasteiger partial charge in [-0.2, -0.15) is 0 Å². The number of H-pyrrole nitrogens is 1. The Hall–Kier alpha value is -4.63. The molecule has 0 aliphatic heterocycles. The maximum absolute atomic E-state index is 13.4. The lowest BCUT2D eigenvalue weighted by atomic mass is 10.0. The molecule has 180 valence electrons. The number of aromatic amines is 1. The van der Waals surface area contributed by atoms with Crippen LogP contribution in [0, 0.1) is 0 Å². The summed E-state index contributed by atoms with van der Waals surface area (Å²) in [5, 5.41) is 11.3. The zero-order chi connectivity index (χ0) is 24.9. The molecule has 0 spiro atoms. The van der Waals surface area contributed by atoms with E-state index in [-0.39, 0.29) is 17.6 Å². The number of aromatic nitrogens is 1. The number of benzene rings is 2. The van der Waals surface area contributed by atoms with Crippen molar-refractivity contribution < 1.29 is 18.8 Å². The highest BCUT2D eigenvalue weighted by Crippen LogP contribution is 2.21. The number of nitrogens with one attached hydrogen (secondary N) is 4. The van der Waals surface area contributed by atoms with E-state index in [9.17, 15) is 14.4 Å². The Labute approximate surface area is 210 Å². The Kier molecular flexibility index (Phi) is 6.63. The molecule has 3 aromatic heterocycles. The van der Waals surface area contributed by atoms with Gasteiger partial charge in [0.25, 0.3) is 11.8 Å². The Morgan fingerprint density at radius 3 is 2.50 bits per heavy atom. The van der Waals surface area contributed by atoms with Crippen LogP contribution in [0.1, 0.15) is 25.8 Å². The SMILES string of the molecule is O=C(Nc1cccc(NC(=O)C(Cc2c[nH]c3ccccc23)NC(=O)c2cccs2)c1)c1ccco1. The molecule has 0 saturated heterocycles. The lowest BCUT2D eigenvalue weighted by Crippen LogP contribution is -2.45. The molecule has 9 heteroatoms. The second-order valence-corrected chi connectivity index (χ2v) is 9.02. The summed E-state index contributed by atoms with van der Waals surface area (Å²) in [6.07, 6.45) is 3.57. The predicted molar refractivity (Wildman–Crippen MR) is 139 cm³/mol. The number of carbonyl (C=O) groups excluding carboxylic acids is 3. The summed E-state index contributed by atoms with van der Waals surface area (Å²) in [5.74, 6) is -0.910. The van der Waals surface area contributed by atoms with E-state index in [0.29, 0.717) is 22.7 Å². The molecule has 3 amide bonds. The number of hydrogen-bond donors (Lipinski definition) is 4. The zero-order valence-corrected chi connectivity index (χ0v) is 19.8. The summed E-state index contributed by atoms with van der Waals surface area (Å²) in [4.78, 5) is 42.2. The third-order valence-corrected chi connectivity index (χ3v) is 6.47. The van der Waals surface area contributed by atoms with Crippen LogP contribution in [0.5, 0.6) is 0 Å². The lowest BCUT2D eigenvalue weighted by Gasteiger charge is -2.18. The largest absolute Gasteiger partial charge is 0.459 e.